The highest BCUT2D eigenvalue weighted by molar-refractivity contribution is 7.83. The van der Waals surface area contributed by atoms with E-state index in [0.29, 0.717) is 18.2 Å². The Labute approximate surface area is 124 Å². The summed E-state index contributed by atoms with van der Waals surface area (Å²) < 4.78 is 44.3. The van der Waals surface area contributed by atoms with Crippen molar-refractivity contribution in [2.45, 2.75) is 18.4 Å². The summed E-state index contributed by atoms with van der Waals surface area (Å²) in [6, 6.07) is 8.75. The summed E-state index contributed by atoms with van der Waals surface area (Å²) in [5, 5.41) is 0. The molecular formula is C15H15F2NO2S. The van der Waals surface area contributed by atoms with Crippen molar-refractivity contribution >= 4 is 10.8 Å². The van der Waals surface area contributed by atoms with Crippen molar-refractivity contribution in [3.8, 4) is 5.88 Å². The van der Waals surface area contributed by atoms with Gasteiger partial charge >= 0.3 is 0 Å². The quantitative estimate of drug-likeness (QED) is 0.822. The minimum atomic E-state index is -1.45. The Morgan fingerprint density at radius 2 is 1.76 bits per heavy atom. The number of ether oxygens (including phenoxy) is 1. The lowest BCUT2D eigenvalue weighted by atomic mass is 10.2. The number of nitrogens with zero attached hydrogens (tertiary/aromatic N) is 1. The number of rotatable bonds is 6. The van der Waals surface area contributed by atoms with Crippen LogP contribution in [0.3, 0.4) is 0 Å². The van der Waals surface area contributed by atoms with Gasteiger partial charge in [0.05, 0.1) is 23.8 Å². The van der Waals surface area contributed by atoms with Crippen LogP contribution in [0.15, 0.2) is 36.4 Å². The van der Waals surface area contributed by atoms with Gasteiger partial charge in [0.1, 0.15) is 11.6 Å². The van der Waals surface area contributed by atoms with Crippen LogP contribution in [0.1, 0.15) is 18.2 Å². The summed E-state index contributed by atoms with van der Waals surface area (Å²) in [6.45, 7) is 2.33. The van der Waals surface area contributed by atoms with Gasteiger partial charge in [-0.1, -0.05) is 12.1 Å². The monoisotopic (exact) mass is 311 g/mol. The van der Waals surface area contributed by atoms with E-state index in [1.165, 1.54) is 6.07 Å². The van der Waals surface area contributed by atoms with Crippen LogP contribution < -0.4 is 4.74 Å². The lowest BCUT2D eigenvalue weighted by Crippen LogP contribution is -2.05. The molecule has 1 atom stereocenters. The van der Waals surface area contributed by atoms with Crippen LogP contribution in [0.5, 0.6) is 5.88 Å². The van der Waals surface area contributed by atoms with Gasteiger partial charge < -0.3 is 4.74 Å². The van der Waals surface area contributed by atoms with Crippen molar-refractivity contribution in [2.75, 3.05) is 6.61 Å². The fourth-order valence-electron chi connectivity index (χ4n) is 1.81. The molecule has 0 unspecified atom stereocenters. The molecule has 0 aliphatic carbocycles. The molecule has 0 saturated heterocycles. The third kappa shape index (κ3) is 4.32. The van der Waals surface area contributed by atoms with E-state index in [4.69, 9.17) is 4.74 Å². The Morgan fingerprint density at radius 3 is 2.43 bits per heavy atom. The van der Waals surface area contributed by atoms with Gasteiger partial charge in [0.2, 0.25) is 5.88 Å². The van der Waals surface area contributed by atoms with Crippen LogP contribution in [-0.2, 0) is 22.3 Å². The molecule has 0 aliphatic rings. The SMILES string of the molecule is CCOc1cccc(C[S@](=O)Cc2c(F)cccc2F)n1. The molecule has 1 aromatic carbocycles. The molecule has 6 heteroatoms. The minimum Gasteiger partial charge on any atom is -0.478 e. The zero-order valence-corrected chi connectivity index (χ0v) is 12.3. The Hall–Kier alpha value is -1.82. The minimum absolute atomic E-state index is 0.120. The Kier molecular flexibility index (Phi) is 5.38. The average Bonchev–Trinajstić information content (AvgIpc) is 2.44. The largest absolute Gasteiger partial charge is 0.478 e. The highest BCUT2D eigenvalue weighted by atomic mass is 32.2. The van der Waals surface area contributed by atoms with Crippen molar-refractivity contribution in [1.82, 2.24) is 4.98 Å². The predicted molar refractivity (Wildman–Crippen MR) is 77.3 cm³/mol. The summed E-state index contributed by atoms with van der Waals surface area (Å²) >= 11 is 0. The van der Waals surface area contributed by atoms with E-state index in [1.54, 1.807) is 18.2 Å². The van der Waals surface area contributed by atoms with Crippen LogP contribution in [0.4, 0.5) is 8.78 Å². The Morgan fingerprint density at radius 1 is 1.10 bits per heavy atom. The molecule has 2 aromatic rings. The molecular weight excluding hydrogens is 296 g/mol. The molecule has 112 valence electrons. The maximum Gasteiger partial charge on any atom is 0.213 e. The molecule has 0 radical (unpaired) electrons. The first-order chi connectivity index (χ1) is 10.1. The first-order valence-corrected chi connectivity index (χ1v) is 7.95. The molecule has 0 amide bonds. The third-order valence-corrected chi connectivity index (χ3v) is 3.98. The molecule has 0 spiro atoms. The van der Waals surface area contributed by atoms with Crippen LogP contribution in [0.25, 0.3) is 0 Å². The first kappa shape index (κ1) is 15.6. The standard InChI is InChI=1S/C15H15F2NO2S/c1-2-20-15-8-3-5-11(18-15)9-21(19)10-12-13(16)6-4-7-14(12)17/h3-8H,2,9-10H2,1H3/t21-/m0/s1. The van der Waals surface area contributed by atoms with Crippen molar-refractivity contribution in [2.24, 2.45) is 0 Å². The zero-order valence-electron chi connectivity index (χ0n) is 11.5. The highest BCUT2D eigenvalue weighted by Gasteiger charge is 2.13. The van der Waals surface area contributed by atoms with E-state index in [0.717, 1.165) is 12.1 Å². The molecule has 2 rings (SSSR count). The van der Waals surface area contributed by atoms with Crippen LogP contribution in [0.2, 0.25) is 0 Å². The molecule has 1 heterocycles. The first-order valence-electron chi connectivity index (χ1n) is 6.46. The highest BCUT2D eigenvalue weighted by Crippen LogP contribution is 2.16. The van der Waals surface area contributed by atoms with Gasteiger partial charge in [-0.3, -0.25) is 4.21 Å². The topological polar surface area (TPSA) is 39.2 Å². The van der Waals surface area contributed by atoms with E-state index in [2.05, 4.69) is 4.98 Å². The van der Waals surface area contributed by atoms with Gasteiger partial charge in [-0.15, -0.1) is 0 Å². The number of halogens is 2. The summed E-state index contributed by atoms with van der Waals surface area (Å²) in [4.78, 5) is 4.19. The van der Waals surface area contributed by atoms with Crippen molar-refractivity contribution in [3.05, 3.63) is 59.3 Å². The molecule has 3 nitrogen and oxygen atoms in total. The lowest BCUT2D eigenvalue weighted by molar-refractivity contribution is 0.326. The van der Waals surface area contributed by atoms with Gasteiger partial charge in [0.15, 0.2) is 0 Å². The lowest BCUT2D eigenvalue weighted by Gasteiger charge is -2.07. The van der Waals surface area contributed by atoms with E-state index in [1.807, 2.05) is 6.92 Å². The van der Waals surface area contributed by atoms with Crippen molar-refractivity contribution in [1.29, 1.82) is 0 Å². The smallest absolute Gasteiger partial charge is 0.213 e. The fraction of sp³-hybridized carbons (Fsp3) is 0.267. The fourth-order valence-corrected chi connectivity index (χ4v) is 3.00. The summed E-state index contributed by atoms with van der Waals surface area (Å²) in [5.74, 6) is -0.976. The van der Waals surface area contributed by atoms with Crippen molar-refractivity contribution < 1.29 is 17.7 Å². The summed E-state index contributed by atoms with van der Waals surface area (Å²) in [5.41, 5.74) is 0.410. The average molecular weight is 311 g/mol. The van der Waals surface area contributed by atoms with Crippen LogP contribution in [-0.4, -0.2) is 15.8 Å². The number of aromatic nitrogens is 1. The van der Waals surface area contributed by atoms with E-state index in [9.17, 15) is 13.0 Å². The van der Waals surface area contributed by atoms with E-state index in [-0.39, 0.29) is 17.1 Å². The summed E-state index contributed by atoms with van der Waals surface area (Å²) in [6.07, 6.45) is 0. The summed E-state index contributed by atoms with van der Waals surface area (Å²) in [7, 11) is -1.45. The molecule has 0 aliphatic heterocycles. The van der Waals surface area contributed by atoms with Gasteiger partial charge in [-0.25, -0.2) is 13.8 Å². The third-order valence-electron chi connectivity index (χ3n) is 2.75. The molecule has 0 fully saturated rings. The number of pyridine rings is 1. The Balaban J connectivity index is 2.06. The van der Waals surface area contributed by atoms with Gasteiger partial charge in [-0.2, -0.15) is 0 Å². The van der Waals surface area contributed by atoms with Gasteiger partial charge in [-0.05, 0) is 25.1 Å². The molecule has 1 aromatic heterocycles. The van der Waals surface area contributed by atoms with Crippen LogP contribution >= 0.6 is 0 Å². The van der Waals surface area contributed by atoms with E-state index < -0.39 is 22.4 Å². The zero-order chi connectivity index (χ0) is 15.2. The maximum absolute atomic E-state index is 13.5. The normalized spacial score (nSPS) is 12.1. The second-order valence-corrected chi connectivity index (χ2v) is 5.79. The Bertz CT molecular complexity index is 629. The second-order valence-electron chi connectivity index (χ2n) is 4.33. The van der Waals surface area contributed by atoms with Crippen LogP contribution in [0, 0.1) is 11.6 Å². The van der Waals surface area contributed by atoms with Gasteiger partial charge in [0, 0.05) is 22.4 Å². The molecule has 0 bridgehead atoms. The maximum atomic E-state index is 13.5. The van der Waals surface area contributed by atoms with Crippen molar-refractivity contribution in [3.63, 3.8) is 0 Å². The number of benzene rings is 1. The second kappa shape index (κ2) is 7.26. The number of hydrogen-bond donors (Lipinski definition) is 0. The predicted octanol–water partition coefficient (Wildman–Crippen LogP) is 3.21. The molecule has 21 heavy (non-hydrogen) atoms. The molecule has 0 N–H and O–H groups in total. The van der Waals surface area contributed by atoms with E-state index >= 15 is 0 Å². The molecule has 0 saturated carbocycles. The van der Waals surface area contributed by atoms with Gasteiger partial charge in [0.25, 0.3) is 0 Å². The number of hydrogen-bond acceptors (Lipinski definition) is 3.